The van der Waals surface area contributed by atoms with E-state index >= 15 is 0 Å². The number of nitrogens with zero attached hydrogens (tertiary/aromatic N) is 7. The summed E-state index contributed by atoms with van der Waals surface area (Å²) in [6.07, 6.45) is 3.22. The molecule has 5 aromatic rings. The largest absolute Gasteiger partial charge is 0.482 e. The van der Waals surface area contributed by atoms with Crippen molar-refractivity contribution in [3.63, 3.8) is 0 Å². The lowest BCUT2D eigenvalue weighted by Gasteiger charge is -2.15. The third kappa shape index (κ3) is 3.88. The first-order chi connectivity index (χ1) is 17.0. The summed E-state index contributed by atoms with van der Waals surface area (Å²) in [5.74, 6) is 0.471. The summed E-state index contributed by atoms with van der Waals surface area (Å²) in [6, 6.07) is 10.7. The Labute approximate surface area is 197 Å². The second-order valence-corrected chi connectivity index (χ2v) is 7.88. The van der Waals surface area contributed by atoms with Gasteiger partial charge in [0.25, 0.3) is 0 Å². The molecule has 0 spiro atoms. The van der Waals surface area contributed by atoms with Crippen LogP contribution < -0.4 is 14.8 Å². The summed E-state index contributed by atoms with van der Waals surface area (Å²) in [4.78, 5) is 8.89. The van der Waals surface area contributed by atoms with E-state index in [1.54, 1.807) is 27.5 Å². The first-order valence-corrected chi connectivity index (χ1v) is 10.8. The molecule has 1 aliphatic heterocycles. The molecular weight excluding hydrogens is 458 g/mol. The smallest absolute Gasteiger partial charge is 0.228 e. The van der Waals surface area contributed by atoms with Crippen LogP contribution in [0.5, 0.6) is 11.6 Å². The first kappa shape index (κ1) is 21.0. The van der Waals surface area contributed by atoms with Gasteiger partial charge in [-0.05, 0) is 24.3 Å². The van der Waals surface area contributed by atoms with Gasteiger partial charge in [-0.2, -0.15) is 5.10 Å². The molecule has 1 aliphatic rings. The van der Waals surface area contributed by atoms with Crippen LogP contribution >= 0.6 is 0 Å². The van der Waals surface area contributed by atoms with Crippen molar-refractivity contribution in [3.05, 3.63) is 72.3 Å². The second kappa shape index (κ2) is 8.31. The molecule has 1 aromatic carbocycles. The van der Waals surface area contributed by atoms with Gasteiger partial charge in [-0.1, -0.05) is 0 Å². The van der Waals surface area contributed by atoms with Crippen molar-refractivity contribution < 1.29 is 18.3 Å². The van der Waals surface area contributed by atoms with Crippen LogP contribution in [0.15, 0.2) is 54.9 Å². The van der Waals surface area contributed by atoms with Crippen molar-refractivity contribution in [3.8, 4) is 22.9 Å². The number of ether oxygens (including phenoxy) is 2. The van der Waals surface area contributed by atoms with Crippen LogP contribution in [0.2, 0.25) is 0 Å². The van der Waals surface area contributed by atoms with E-state index in [9.17, 15) is 8.78 Å². The van der Waals surface area contributed by atoms with Gasteiger partial charge in [0.2, 0.25) is 11.8 Å². The van der Waals surface area contributed by atoms with E-state index in [1.807, 2.05) is 25.2 Å². The second-order valence-electron chi connectivity index (χ2n) is 7.88. The SMILES string of the molecule is Cn1nccc1Nc1nccc(-c2cc3n4c(nnc4c2)C(Oc2ccc(F)c(F)c2)CCO3)n1. The van der Waals surface area contributed by atoms with Crippen molar-refractivity contribution in [2.24, 2.45) is 7.05 Å². The number of rotatable bonds is 5. The van der Waals surface area contributed by atoms with Crippen molar-refractivity contribution in [1.29, 1.82) is 0 Å². The molecule has 0 amide bonds. The highest BCUT2D eigenvalue weighted by Gasteiger charge is 2.26. The average Bonchev–Trinajstić information content (AvgIpc) is 3.42. The molecule has 0 aliphatic carbocycles. The van der Waals surface area contributed by atoms with Crippen molar-refractivity contribution in [2.75, 3.05) is 11.9 Å². The Morgan fingerprint density at radius 2 is 1.97 bits per heavy atom. The summed E-state index contributed by atoms with van der Waals surface area (Å²) < 4.78 is 42.3. The molecule has 1 N–H and O–H groups in total. The molecule has 0 fully saturated rings. The van der Waals surface area contributed by atoms with Crippen molar-refractivity contribution in [2.45, 2.75) is 12.5 Å². The number of anilines is 2. The van der Waals surface area contributed by atoms with Crippen LogP contribution in [-0.2, 0) is 7.05 Å². The number of hydrogen-bond donors (Lipinski definition) is 1. The Hall–Kier alpha value is -4.61. The number of hydrogen-bond acceptors (Lipinski definition) is 8. The summed E-state index contributed by atoms with van der Waals surface area (Å²) in [5.41, 5.74) is 1.96. The molecular formula is C23H18F2N8O2. The fraction of sp³-hybridized carbons (Fsp3) is 0.174. The number of halogens is 2. The number of aromatic nitrogens is 7. The standard InChI is InChI=1S/C23H18F2N8O2/c1-32-19(5-8-27-32)29-23-26-7-4-17(28-23)13-10-20-30-31-22-18(6-9-34-21(11-13)33(20)22)35-14-2-3-15(24)16(25)12-14/h2-5,7-8,10-12,18H,6,9H2,1H3,(H,26,28,29). The first-order valence-electron chi connectivity index (χ1n) is 10.8. The highest BCUT2D eigenvalue weighted by atomic mass is 19.2. The van der Waals surface area contributed by atoms with Crippen LogP contribution in [0.4, 0.5) is 20.5 Å². The van der Waals surface area contributed by atoms with E-state index in [0.717, 1.165) is 23.5 Å². The third-order valence-electron chi connectivity index (χ3n) is 5.60. The topological polar surface area (TPSA) is 104 Å². The summed E-state index contributed by atoms with van der Waals surface area (Å²) in [7, 11) is 1.82. The number of benzene rings is 1. The van der Waals surface area contributed by atoms with Gasteiger partial charge < -0.3 is 14.8 Å². The monoisotopic (exact) mass is 476 g/mol. The number of aryl methyl sites for hydroxylation is 1. The lowest BCUT2D eigenvalue weighted by atomic mass is 10.2. The Morgan fingerprint density at radius 1 is 1.06 bits per heavy atom. The van der Waals surface area contributed by atoms with Crippen LogP contribution in [0.1, 0.15) is 18.3 Å². The van der Waals surface area contributed by atoms with Gasteiger partial charge in [-0.15, -0.1) is 10.2 Å². The molecule has 176 valence electrons. The van der Waals surface area contributed by atoms with Crippen molar-refractivity contribution >= 4 is 17.4 Å². The van der Waals surface area contributed by atoms with E-state index in [0.29, 0.717) is 42.0 Å². The highest BCUT2D eigenvalue weighted by Crippen LogP contribution is 2.33. The summed E-state index contributed by atoms with van der Waals surface area (Å²) >= 11 is 0. The molecule has 0 saturated heterocycles. The Morgan fingerprint density at radius 3 is 2.80 bits per heavy atom. The zero-order valence-electron chi connectivity index (χ0n) is 18.4. The molecule has 0 bridgehead atoms. The van der Waals surface area contributed by atoms with E-state index in [4.69, 9.17) is 9.47 Å². The quantitative estimate of drug-likeness (QED) is 0.408. The molecule has 1 atom stereocenters. The van der Waals surface area contributed by atoms with Gasteiger partial charge in [0.1, 0.15) is 11.6 Å². The molecule has 1 unspecified atom stereocenters. The number of pyridine rings is 1. The molecule has 0 radical (unpaired) electrons. The third-order valence-corrected chi connectivity index (χ3v) is 5.60. The normalized spacial score (nSPS) is 15.0. The lowest BCUT2D eigenvalue weighted by Crippen LogP contribution is -2.12. The maximum atomic E-state index is 13.6. The van der Waals surface area contributed by atoms with E-state index in [-0.39, 0.29) is 5.75 Å². The van der Waals surface area contributed by atoms with Crippen LogP contribution in [0.25, 0.3) is 16.9 Å². The van der Waals surface area contributed by atoms with Crippen LogP contribution in [0, 0.1) is 11.6 Å². The minimum Gasteiger partial charge on any atom is -0.482 e. The summed E-state index contributed by atoms with van der Waals surface area (Å²) in [5, 5.41) is 15.8. The highest BCUT2D eigenvalue weighted by molar-refractivity contribution is 5.67. The molecule has 4 aromatic heterocycles. The van der Waals surface area contributed by atoms with E-state index in [2.05, 4.69) is 30.6 Å². The van der Waals surface area contributed by atoms with Crippen LogP contribution in [-0.4, -0.2) is 41.0 Å². The molecule has 6 rings (SSSR count). The molecule has 35 heavy (non-hydrogen) atoms. The van der Waals surface area contributed by atoms with Gasteiger partial charge in [0.05, 0.1) is 18.5 Å². The Balaban J connectivity index is 1.34. The van der Waals surface area contributed by atoms with Gasteiger partial charge in [-0.25, -0.2) is 23.1 Å². The van der Waals surface area contributed by atoms with E-state index in [1.165, 1.54) is 6.07 Å². The van der Waals surface area contributed by atoms with Crippen molar-refractivity contribution in [1.82, 2.24) is 34.3 Å². The average molecular weight is 476 g/mol. The van der Waals surface area contributed by atoms with Gasteiger partial charge in [-0.3, -0.25) is 4.68 Å². The molecule has 0 saturated carbocycles. The molecule has 5 heterocycles. The maximum absolute atomic E-state index is 13.6. The lowest BCUT2D eigenvalue weighted by molar-refractivity contribution is 0.165. The maximum Gasteiger partial charge on any atom is 0.228 e. The minimum absolute atomic E-state index is 0.195. The minimum atomic E-state index is -0.981. The predicted octanol–water partition coefficient (Wildman–Crippen LogP) is 3.84. The fourth-order valence-electron chi connectivity index (χ4n) is 3.89. The number of nitrogens with one attached hydrogen (secondary N) is 1. The fourth-order valence-corrected chi connectivity index (χ4v) is 3.89. The Kier molecular flexibility index (Phi) is 4.98. The van der Waals surface area contributed by atoms with Gasteiger partial charge in [0.15, 0.2) is 29.2 Å². The zero-order chi connectivity index (χ0) is 23.9. The van der Waals surface area contributed by atoms with E-state index < -0.39 is 17.7 Å². The van der Waals surface area contributed by atoms with Gasteiger partial charge >= 0.3 is 0 Å². The predicted molar refractivity (Wildman–Crippen MR) is 120 cm³/mol. The molecule has 12 heteroatoms. The van der Waals surface area contributed by atoms with Gasteiger partial charge in [0, 0.05) is 43.4 Å². The van der Waals surface area contributed by atoms with Crippen LogP contribution in [0.3, 0.4) is 0 Å². The summed E-state index contributed by atoms with van der Waals surface area (Å²) in [6.45, 7) is 0.327. The molecule has 10 nitrogen and oxygen atoms in total. The zero-order valence-corrected chi connectivity index (χ0v) is 18.4. The Bertz CT molecular complexity index is 1550.